The van der Waals surface area contributed by atoms with Crippen molar-refractivity contribution in [3.8, 4) is 0 Å². The minimum Gasteiger partial charge on any atom is -0.381 e. The molecule has 0 amide bonds. The first-order valence-electron chi connectivity index (χ1n) is 5.58. The van der Waals surface area contributed by atoms with Crippen molar-refractivity contribution < 1.29 is 9.47 Å². The highest BCUT2D eigenvalue weighted by molar-refractivity contribution is 9.10. The third-order valence-electron chi connectivity index (χ3n) is 2.83. The average Bonchev–Trinajstić information content (AvgIpc) is 2.34. The SMILES string of the molecule is CCOC1(c2ncc(Br)c(Cl)n2)CCOCC1. The van der Waals surface area contributed by atoms with E-state index in [0.717, 1.165) is 12.8 Å². The third-order valence-corrected chi connectivity index (χ3v) is 3.93. The summed E-state index contributed by atoms with van der Waals surface area (Å²) in [5.41, 5.74) is -0.447. The van der Waals surface area contributed by atoms with Gasteiger partial charge in [0.15, 0.2) is 5.82 Å². The van der Waals surface area contributed by atoms with E-state index in [1.165, 1.54) is 0 Å². The van der Waals surface area contributed by atoms with Gasteiger partial charge in [-0.2, -0.15) is 0 Å². The van der Waals surface area contributed by atoms with E-state index < -0.39 is 5.60 Å². The second kappa shape index (κ2) is 5.61. The zero-order valence-electron chi connectivity index (χ0n) is 9.58. The van der Waals surface area contributed by atoms with Crippen molar-refractivity contribution in [3.63, 3.8) is 0 Å². The van der Waals surface area contributed by atoms with Crippen molar-refractivity contribution in [2.24, 2.45) is 0 Å². The Bertz CT molecular complexity index is 392. The van der Waals surface area contributed by atoms with Crippen LogP contribution in [0.1, 0.15) is 25.6 Å². The maximum atomic E-state index is 6.01. The highest BCUT2D eigenvalue weighted by Crippen LogP contribution is 2.35. The molecule has 94 valence electrons. The van der Waals surface area contributed by atoms with Crippen LogP contribution < -0.4 is 0 Å². The van der Waals surface area contributed by atoms with Gasteiger partial charge in [0.2, 0.25) is 0 Å². The van der Waals surface area contributed by atoms with E-state index in [-0.39, 0.29) is 0 Å². The fraction of sp³-hybridized carbons (Fsp3) is 0.636. The van der Waals surface area contributed by atoms with Gasteiger partial charge in [-0.3, -0.25) is 0 Å². The predicted molar refractivity (Wildman–Crippen MR) is 68.1 cm³/mol. The number of aromatic nitrogens is 2. The Balaban J connectivity index is 2.34. The first-order chi connectivity index (χ1) is 8.18. The standard InChI is InChI=1S/C11H14BrClN2O2/c1-2-17-11(3-5-16-6-4-11)10-14-7-8(12)9(13)15-10/h7H,2-6H2,1H3. The molecule has 0 atom stereocenters. The summed E-state index contributed by atoms with van der Waals surface area (Å²) in [6.07, 6.45) is 3.19. The highest BCUT2D eigenvalue weighted by Gasteiger charge is 2.38. The van der Waals surface area contributed by atoms with Crippen molar-refractivity contribution in [2.75, 3.05) is 19.8 Å². The third kappa shape index (κ3) is 2.78. The van der Waals surface area contributed by atoms with Crippen molar-refractivity contribution in [1.82, 2.24) is 9.97 Å². The summed E-state index contributed by atoms with van der Waals surface area (Å²) in [6, 6.07) is 0. The number of rotatable bonds is 3. The second-order valence-corrected chi connectivity index (χ2v) is 5.08. The predicted octanol–water partition coefficient (Wildman–Crippen LogP) is 2.93. The topological polar surface area (TPSA) is 44.2 Å². The molecule has 17 heavy (non-hydrogen) atoms. The molecule has 1 saturated heterocycles. The summed E-state index contributed by atoms with van der Waals surface area (Å²) in [4.78, 5) is 8.64. The van der Waals surface area contributed by atoms with Crippen LogP contribution in [0.2, 0.25) is 5.15 Å². The molecule has 0 radical (unpaired) electrons. The minimum absolute atomic E-state index is 0.417. The van der Waals surface area contributed by atoms with Crippen LogP contribution in [0.4, 0.5) is 0 Å². The molecular weight excluding hydrogens is 307 g/mol. The number of nitrogens with zero attached hydrogens (tertiary/aromatic N) is 2. The fourth-order valence-corrected chi connectivity index (χ4v) is 2.30. The summed E-state index contributed by atoms with van der Waals surface area (Å²) in [7, 11) is 0. The maximum Gasteiger partial charge on any atom is 0.162 e. The number of halogens is 2. The number of hydrogen-bond acceptors (Lipinski definition) is 4. The maximum absolute atomic E-state index is 6.01. The van der Waals surface area contributed by atoms with Gasteiger partial charge in [0.05, 0.1) is 4.47 Å². The molecule has 4 nitrogen and oxygen atoms in total. The average molecular weight is 322 g/mol. The lowest BCUT2D eigenvalue weighted by atomic mass is 9.93. The summed E-state index contributed by atoms with van der Waals surface area (Å²) < 4.78 is 11.9. The number of ether oxygens (including phenoxy) is 2. The van der Waals surface area contributed by atoms with Crippen LogP contribution in [-0.4, -0.2) is 29.8 Å². The van der Waals surface area contributed by atoms with Gasteiger partial charge >= 0.3 is 0 Å². The molecule has 6 heteroatoms. The van der Waals surface area contributed by atoms with Crippen LogP contribution in [0.25, 0.3) is 0 Å². The molecule has 1 aliphatic heterocycles. The summed E-state index contributed by atoms with van der Waals surface area (Å²) in [6.45, 7) is 3.92. The lowest BCUT2D eigenvalue weighted by molar-refractivity contribution is -0.117. The zero-order chi connectivity index (χ0) is 12.3. The van der Waals surface area contributed by atoms with Crippen LogP contribution in [0.5, 0.6) is 0 Å². The quantitative estimate of drug-likeness (QED) is 0.803. The lowest BCUT2D eigenvalue weighted by Crippen LogP contribution is -2.38. The molecule has 2 heterocycles. The summed E-state index contributed by atoms with van der Waals surface area (Å²) in [5.74, 6) is 0.649. The molecule has 2 rings (SSSR count). The minimum atomic E-state index is -0.447. The lowest BCUT2D eigenvalue weighted by Gasteiger charge is -2.35. The van der Waals surface area contributed by atoms with Crippen LogP contribution >= 0.6 is 27.5 Å². The van der Waals surface area contributed by atoms with Crippen molar-refractivity contribution in [3.05, 3.63) is 21.6 Å². The first-order valence-corrected chi connectivity index (χ1v) is 6.75. The molecule has 0 spiro atoms. The smallest absolute Gasteiger partial charge is 0.162 e. The van der Waals surface area contributed by atoms with Crippen LogP contribution in [0.15, 0.2) is 10.7 Å². The Morgan fingerprint density at radius 1 is 1.53 bits per heavy atom. The van der Waals surface area contributed by atoms with E-state index >= 15 is 0 Å². The summed E-state index contributed by atoms with van der Waals surface area (Å²) in [5, 5.41) is 0.417. The monoisotopic (exact) mass is 320 g/mol. The van der Waals surface area contributed by atoms with Crippen molar-refractivity contribution in [2.45, 2.75) is 25.4 Å². The Kier molecular flexibility index (Phi) is 4.36. The van der Waals surface area contributed by atoms with E-state index in [1.54, 1.807) is 6.20 Å². The molecule has 0 aliphatic carbocycles. The van der Waals surface area contributed by atoms with Gasteiger partial charge in [0.25, 0.3) is 0 Å². The Morgan fingerprint density at radius 3 is 2.82 bits per heavy atom. The molecule has 1 aliphatic rings. The van der Waals surface area contributed by atoms with Gasteiger partial charge in [-0.25, -0.2) is 9.97 Å². The molecule has 0 saturated carbocycles. The zero-order valence-corrected chi connectivity index (χ0v) is 11.9. The van der Waals surface area contributed by atoms with Gasteiger partial charge in [0, 0.05) is 38.9 Å². The van der Waals surface area contributed by atoms with Crippen LogP contribution in [-0.2, 0) is 15.1 Å². The van der Waals surface area contributed by atoms with Crippen molar-refractivity contribution in [1.29, 1.82) is 0 Å². The molecule has 0 N–H and O–H groups in total. The first kappa shape index (κ1) is 13.2. The van der Waals surface area contributed by atoms with E-state index in [1.807, 2.05) is 6.92 Å². The fourth-order valence-electron chi connectivity index (χ4n) is 1.98. The van der Waals surface area contributed by atoms with E-state index in [9.17, 15) is 0 Å². The molecule has 1 fully saturated rings. The van der Waals surface area contributed by atoms with Gasteiger partial charge in [0.1, 0.15) is 10.8 Å². The van der Waals surface area contributed by atoms with Gasteiger partial charge in [-0.15, -0.1) is 0 Å². The molecule has 1 aromatic heterocycles. The van der Waals surface area contributed by atoms with Crippen LogP contribution in [0.3, 0.4) is 0 Å². The van der Waals surface area contributed by atoms with Crippen LogP contribution in [0, 0.1) is 0 Å². The Hall–Kier alpha value is -0.230. The molecule has 0 aromatic carbocycles. The van der Waals surface area contributed by atoms with E-state index in [4.69, 9.17) is 21.1 Å². The number of hydrogen-bond donors (Lipinski definition) is 0. The molecule has 1 aromatic rings. The molecule has 0 bridgehead atoms. The van der Waals surface area contributed by atoms with Crippen molar-refractivity contribution >= 4 is 27.5 Å². The largest absolute Gasteiger partial charge is 0.381 e. The molecular formula is C11H14BrClN2O2. The second-order valence-electron chi connectivity index (χ2n) is 3.87. The van der Waals surface area contributed by atoms with Gasteiger partial charge < -0.3 is 9.47 Å². The van der Waals surface area contributed by atoms with Gasteiger partial charge in [-0.05, 0) is 22.9 Å². The molecule has 0 unspecified atom stereocenters. The van der Waals surface area contributed by atoms with E-state index in [0.29, 0.717) is 35.3 Å². The van der Waals surface area contributed by atoms with E-state index in [2.05, 4.69) is 25.9 Å². The Morgan fingerprint density at radius 2 is 2.24 bits per heavy atom. The Labute approximate surface area is 114 Å². The summed E-state index contributed by atoms with van der Waals surface area (Å²) >= 11 is 9.30. The van der Waals surface area contributed by atoms with Gasteiger partial charge in [-0.1, -0.05) is 11.6 Å². The normalized spacial score (nSPS) is 19.2. The highest BCUT2D eigenvalue weighted by atomic mass is 79.9.